The summed E-state index contributed by atoms with van der Waals surface area (Å²) in [5.41, 5.74) is 1.79. The summed E-state index contributed by atoms with van der Waals surface area (Å²) in [6.07, 6.45) is 8.40. The number of likely N-dealkylation sites (tertiary alicyclic amines) is 1. The number of methoxy groups -OCH3 is 1. The summed E-state index contributed by atoms with van der Waals surface area (Å²) >= 11 is 0. The van der Waals surface area contributed by atoms with E-state index in [1.165, 1.54) is 25.0 Å². The molecule has 0 bridgehead atoms. The summed E-state index contributed by atoms with van der Waals surface area (Å²) in [5.74, 6) is 0.668. The number of hydrogen-bond acceptors (Lipinski definition) is 5. The fourth-order valence-electron chi connectivity index (χ4n) is 3.81. The molecular weight excluding hydrogens is 343 g/mol. The number of dihydropyridines is 1. The van der Waals surface area contributed by atoms with Gasteiger partial charge in [0.25, 0.3) is 0 Å². The Morgan fingerprint density at radius 3 is 2.74 bits per heavy atom. The number of benzene rings is 1. The molecule has 0 radical (unpaired) electrons. The summed E-state index contributed by atoms with van der Waals surface area (Å²) in [4.78, 5) is 4.79. The molecule has 1 fully saturated rings. The smallest absolute Gasteiger partial charge is 0.154 e. The van der Waals surface area contributed by atoms with Crippen LogP contribution in [-0.2, 0) is 4.74 Å². The van der Waals surface area contributed by atoms with Crippen molar-refractivity contribution < 1.29 is 9.13 Å². The van der Waals surface area contributed by atoms with Crippen LogP contribution in [0.25, 0.3) is 0 Å². The molecule has 0 amide bonds. The minimum Gasteiger partial charge on any atom is -0.357 e. The van der Waals surface area contributed by atoms with Crippen LogP contribution < -0.4 is 10.6 Å². The van der Waals surface area contributed by atoms with E-state index in [4.69, 9.17) is 4.74 Å². The lowest BCUT2D eigenvalue weighted by Crippen LogP contribution is -2.52. The van der Waals surface area contributed by atoms with Crippen molar-refractivity contribution >= 4 is 0 Å². The van der Waals surface area contributed by atoms with Crippen molar-refractivity contribution in [1.82, 2.24) is 20.4 Å². The van der Waals surface area contributed by atoms with Gasteiger partial charge in [0.05, 0.1) is 6.17 Å². The number of nitrogens with one attached hydrogen (secondary N) is 2. The van der Waals surface area contributed by atoms with Crippen molar-refractivity contribution in [3.63, 3.8) is 0 Å². The Bertz CT molecular complexity index is 697. The molecule has 2 unspecified atom stereocenters. The van der Waals surface area contributed by atoms with Gasteiger partial charge in [0.15, 0.2) is 6.23 Å². The summed E-state index contributed by atoms with van der Waals surface area (Å²) in [7, 11) is 6.02. The Kier molecular flexibility index (Phi) is 6.52. The molecular formula is C21H31FN4O. The molecule has 1 saturated heterocycles. The van der Waals surface area contributed by atoms with Gasteiger partial charge in [-0.15, -0.1) is 0 Å². The molecule has 148 valence electrons. The maximum Gasteiger partial charge on any atom is 0.154 e. The molecule has 0 aromatic heterocycles. The Morgan fingerprint density at radius 1 is 1.33 bits per heavy atom. The van der Waals surface area contributed by atoms with Gasteiger partial charge in [0, 0.05) is 18.7 Å². The van der Waals surface area contributed by atoms with Crippen LogP contribution in [0.5, 0.6) is 0 Å². The van der Waals surface area contributed by atoms with Crippen LogP contribution in [0.2, 0.25) is 0 Å². The Labute approximate surface area is 161 Å². The van der Waals surface area contributed by atoms with Gasteiger partial charge in [-0.3, -0.25) is 4.90 Å². The first kappa shape index (κ1) is 19.9. The number of halogens is 1. The molecule has 0 spiro atoms. The van der Waals surface area contributed by atoms with Crippen LogP contribution in [0.1, 0.15) is 30.2 Å². The van der Waals surface area contributed by atoms with Crippen LogP contribution >= 0.6 is 0 Å². The molecule has 0 saturated carbocycles. The quantitative estimate of drug-likeness (QED) is 0.750. The van der Waals surface area contributed by atoms with Crippen LogP contribution in [-0.4, -0.2) is 56.3 Å². The monoisotopic (exact) mass is 374 g/mol. The highest BCUT2D eigenvalue weighted by molar-refractivity contribution is 5.30. The Morgan fingerprint density at radius 2 is 2.07 bits per heavy atom. The van der Waals surface area contributed by atoms with E-state index in [0.29, 0.717) is 6.04 Å². The maximum atomic E-state index is 13.4. The Hall–Kier alpha value is -1.89. The minimum absolute atomic E-state index is 0.137. The third-order valence-corrected chi connectivity index (χ3v) is 5.60. The van der Waals surface area contributed by atoms with Crippen molar-refractivity contribution in [3.8, 4) is 0 Å². The summed E-state index contributed by atoms with van der Waals surface area (Å²) in [6.45, 7) is 4.18. The van der Waals surface area contributed by atoms with E-state index in [9.17, 15) is 4.39 Å². The zero-order valence-electron chi connectivity index (χ0n) is 16.7. The van der Waals surface area contributed by atoms with Crippen molar-refractivity contribution in [2.45, 2.75) is 38.2 Å². The standard InChI is InChI=1S/C21H31FN4O/c1-15-14-16(22)8-9-18(15)21(27-4)24-19-6-5-7-20(23-19)26(3)17-10-12-25(2)13-11-17/h5-9,14,17,20-21,23-24H,10-13H2,1-4H3. The van der Waals surface area contributed by atoms with E-state index in [1.54, 1.807) is 13.2 Å². The number of piperidine rings is 1. The lowest BCUT2D eigenvalue weighted by molar-refractivity contribution is 0.0746. The SMILES string of the molecule is COC(NC1=CC=CC(N(C)C2CCN(C)CC2)N1)c1ccc(F)cc1C. The summed E-state index contributed by atoms with van der Waals surface area (Å²) in [5, 5.41) is 6.94. The molecule has 6 heteroatoms. The third kappa shape index (κ3) is 4.89. The lowest BCUT2D eigenvalue weighted by Gasteiger charge is -2.40. The number of aryl methyl sites for hydroxylation is 1. The summed E-state index contributed by atoms with van der Waals surface area (Å²) in [6, 6.07) is 5.34. The fourth-order valence-corrected chi connectivity index (χ4v) is 3.81. The molecule has 2 aliphatic rings. The first-order valence-electron chi connectivity index (χ1n) is 9.59. The molecule has 1 aromatic rings. The maximum absolute atomic E-state index is 13.4. The second kappa shape index (κ2) is 8.87. The van der Waals surface area contributed by atoms with Gasteiger partial charge in [-0.25, -0.2) is 4.39 Å². The molecule has 2 atom stereocenters. The average molecular weight is 375 g/mol. The van der Waals surface area contributed by atoms with E-state index >= 15 is 0 Å². The first-order chi connectivity index (χ1) is 13.0. The van der Waals surface area contributed by atoms with Crippen LogP contribution in [0.3, 0.4) is 0 Å². The predicted molar refractivity (Wildman–Crippen MR) is 106 cm³/mol. The number of nitrogens with zero attached hydrogens (tertiary/aromatic N) is 2. The van der Waals surface area contributed by atoms with Crippen LogP contribution in [0.15, 0.2) is 42.2 Å². The van der Waals surface area contributed by atoms with E-state index in [-0.39, 0.29) is 18.2 Å². The second-order valence-corrected chi connectivity index (χ2v) is 7.52. The highest BCUT2D eigenvalue weighted by Crippen LogP contribution is 2.22. The van der Waals surface area contributed by atoms with Gasteiger partial charge in [-0.2, -0.15) is 0 Å². The van der Waals surface area contributed by atoms with Gasteiger partial charge in [-0.05, 0) is 76.8 Å². The van der Waals surface area contributed by atoms with Gasteiger partial charge in [0.1, 0.15) is 11.6 Å². The third-order valence-electron chi connectivity index (χ3n) is 5.60. The number of rotatable bonds is 6. The normalized spacial score (nSPS) is 22.4. The van der Waals surface area contributed by atoms with E-state index in [1.807, 2.05) is 13.0 Å². The van der Waals surface area contributed by atoms with Crippen LogP contribution in [0, 0.1) is 12.7 Å². The van der Waals surface area contributed by atoms with Crippen molar-refractivity contribution in [1.29, 1.82) is 0 Å². The molecule has 5 nitrogen and oxygen atoms in total. The van der Waals surface area contributed by atoms with E-state index < -0.39 is 0 Å². The predicted octanol–water partition coefficient (Wildman–Crippen LogP) is 2.72. The molecule has 2 heterocycles. The van der Waals surface area contributed by atoms with E-state index in [0.717, 1.165) is 30.0 Å². The van der Waals surface area contributed by atoms with E-state index in [2.05, 4.69) is 46.7 Å². The number of ether oxygens (including phenoxy) is 1. The minimum atomic E-state index is -0.342. The van der Waals surface area contributed by atoms with Gasteiger partial charge in [0.2, 0.25) is 0 Å². The number of allylic oxidation sites excluding steroid dienone is 2. The van der Waals surface area contributed by atoms with Gasteiger partial charge >= 0.3 is 0 Å². The second-order valence-electron chi connectivity index (χ2n) is 7.52. The molecule has 0 aliphatic carbocycles. The zero-order chi connectivity index (χ0) is 19.4. The fraction of sp³-hybridized carbons (Fsp3) is 0.524. The lowest BCUT2D eigenvalue weighted by atomic mass is 10.0. The van der Waals surface area contributed by atoms with Crippen molar-refractivity contribution in [2.24, 2.45) is 0 Å². The Balaban J connectivity index is 1.63. The topological polar surface area (TPSA) is 39.8 Å². The zero-order valence-corrected chi connectivity index (χ0v) is 16.7. The van der Waals surface area contributed by atoms with Crippen molar-refractivity contribution in [3.05, 3.63) is 59.2 Å². The molecule has 1 aromatic carbocycles. The molecule has 3 rings (SSSR count). The van der Waals surface area contributed by atoms with Crippen LogP contribution in [0.4, 0.5) is 4.39 Å². The van der Waals surface area contributed by atoms with Gasteiger partial charge < -0.3 is 20.3 Å². The number of likely N-dealkylation sites (N-methyl/N-ethyl adjacent to an activating group) is 1. The van der Waals surface area contributed by atoms with Gasteiger partial charge in [-0.1, -0.05) is 12.1 Å². The highest BCUT2D eigenvalue weighted by Gasteiger charge is 2.26. The van der Waals surface area contributed by atoms with Crippen molar-refractivity contribution in [2.75, 3.05) is 34.3 Å². The number of hydrogen-bond donors (Lipinski definition) is 2. The molecule has 2 N–H and O–H groups in total. The first-order valence-corrected chi connectivity index (χ1v) is 9.59. The highest BCUT2D eigenvalue weighted by atomic mass is 19.1. The molecule has 2 aliphatic heterocycles. The molecule has 27 heavy (non-hydrogen) atoms. The summed E-state index contributed by atoms with van der Waals surface area (Å²) < 4.78 is 19.0. The average Bonchev–Trinajstić information content (AvgIpc) is 2.67. The largest absolute Gasteiger partial charge is 0.357 e.